The Hall–Kier alpha value is -4.63. The van der Waals surface area contributed by atoms with Crippen molar-refractivity contribution in [1.29, 1.82) is 0 Å². The summed E-state index contributed by atoms with van der Waals surface area (Å²) in [5.74, 6) is -1.32. The first-order valence-electron chi connectivity index (χ1n) is 11.7. The van der Waals surface area contributed by atoms with E-state index >= 15 is 0 Å². The molecule has 0 bridgehead atoms. The Bertz CT molecular complexity index is 1490. The lowest BCUT2D eigenvalue weighted by atomic mass is 10.2. The van der Waals surface area contributed by atoms with E-state index < -0.39 is 11.1 Å². The minimum absolute atomic E-state index is 0.0853. The van der Waals surface area contributed by atoms with Crippen LogP contribution >= 0.6 is 11.8 Å². The Morgan fingerprint density at radius 2 is 1.45 bits per heavy atom. The zero-order valence-corrected chi connectivity index (χ0v) is 20.8. The fraction of sp³-hybridized carbons (Fsp3) is 0.0690. The fourth-order valence-electron chi connectivity index (χ4n) is 3.83. The number of nitrogens with zero attached hydrogens (tertiary/aromatic N) is 3. The van der Waals surface area contributed by atoms with Crippen LogP contribution in [-0.4, -0.2) is 23.0 Å². The lowest BCUT2D eigenvalue weighted by Gasteiger charge is -2.15. The molecule has 1 fully saturated rings. The lowest BCUT2D eigenvalue weighted by molar-refractivity contribution is -0.121. The van der Waals surface area contributed by atoms with Crippen molar-refractivity contribution < 1.29 is 18.8 Å². The van der Waals surface area contributed by atoms with Crippen LogP contribution in [0.15, 0.2) is 118 Å². The molecule has 3 amide bonds. The Labute approximate surface area is 222 Å². The van der Waals surface area contributed by atoms with E-state index in [1.54, 1.807) is 48.5 Å². The van der Waals surface area contributed by atoms with Crippen LogP contribution in [0.3, 0.4) is 0 Å². The molecule has 0 saturated carbocycles. The van der Waals surface area contributed by atoms with Gasteiger partial charge in [-0.15, -0.1) is 11.8 Å². The summed E-state index contributed by atoms with van der Waals surface area (Å²) < 4.78 is 13.1. The average molecular weight is 525 g/mol. The number of benzene rings is 4. The number of hydrogen-bond donors (Lipinski definition) is 1. The highest BCUT2D eigenvalue weighted by molar-refractivity contribution is 8.00. The summed E-state index contributed by atoms with van der Waals surface area (Å²) in [4.78, 5) is 40.1. The van der Waals surface area contributed by atoms with E-state index in [-0.39, 0.29) is 24.1 Å². The van der Waals surface area contributed by atoms with E-state index in [0.717, 1.165) is 10.6 Å². The van der Waals surface area contributed by atoms with Crippen molar-refractivity contribution in [3.05, 3.63) is 115 Å². The molecule has 1 aliphatic heterocycles. The number of halogens is 1. The Balaban J connectivity index is 1.20. The predicted molar refractivity (Wildman–Crippen MR) is 145 cm³/mol. The minimum Gasteiger partial charge on any atom is -0.322 e. The number of rotatable bonds is 7. The summed E-state index contributed by atoms with van der Waals surface area (Å²) in [6, 6.07) is 28.4. The quantitative estimate of drug-likeness (QED) is 0.210. The van der Waals surface area contributed by atoms with E-state index in [1.165, 1.54) is 40.9 Å². The molecule has 188 valence electrons. The molecule has 38 heavy (non-hydrogen) atoms. The largest absolute Gasteiger partial charge is 0.322 e. The van der Waals surface area contributed by atoms with Crippen molar-refractivity contribution in [3.63, 3.8) is 0 Å². The van der Waals surface area contributed by atoms with Gasteiger partial charge in [0, 0.05) is 22.6 Å². The molecular formula is C29H21FN4O3S. The van der Waals surface area contributed by atoms with Gasteiger partial charge in [-0.1, -0.05) is 18.2 Å². The molecule has 9 heteroatoms. The summed E-state index contributed by atoms with van der Waals surface area (Å²) in [6.45, 7) is 0. The van der Waals surface area contributed by atoms with Crippen LogP contribution in [0.25, 0.3) is 0 Å². The number of carbonyl (C=O) groups excluding carboxylic acids is 3. The predicted octanol–water partition coefficient (Wildman–Crippen LogP) is 6.92. The standard InChI is InChI=1S/C29H21FN4O3S/c30-20-8-6-19(7-9-20)28(36)31-21-12-16-25(17-13-21)38-26-18-27(35)34(29(26)37)24-14-10-23(11-15-24)33-32-22-4-2-1-3-5-22/h1-17,26H,18H2,(H,31,36). The van der Waals surface area contributed by atoms with E-state index in [1.807, 2.05) is 30.3 Å². The van der Waals surface area contributed by atoms with Crippen LogP contribution in [0.4, 0.5) is 27.1 Å². The first-order valence-corrected chi connectivity index (χ1v) is 12.6. The molecule has 1 aliphatic rings. The number of nitrogens with one attached hydrogen (secondary N) is 1. The summed E-state index contributed by atoms with van der Waals surface area (Å²) in [5, 5.41) is 10.6. The lowest BCUT2D eigenvalue weighted by Crippen LogP contribution is -2.30. The van der Waals surface area contributed by atoms with Gasteiger partial charge >= 0.3 is 0 Å². The van der Waals surface area contributed by atoms with Crippen molar-refractivity contribution in [3.8, 4) is 0 Å². The summed E-state index contributed by atoms with van der Waals surface area (Å²) >= 11 is 1.30. The second-order valence-electron chi connectivity index (χ2n) is 8.42. The number of carbonyl (C=O) groups is 3. The molecule has 5 rings (SSSR count). The number of azo groups is 1. The topological polar surface area (TPSA) is 91.2 Å². The molecule has 1 atom stereocenters. The van der Waals surface area contributed by atoms with Crippen molar-refractivity contribution in [2.75, 3.05) is 10.2 Å². The molecule has 0 aromatic heterocycles. The van der Waals surface area contributed by atoms with Gasteiger partial charge in [-0.3, -0.25) is 14.4 Å². The molecule has 1 saturated heterocycles. The van der Waals surface area contributed by atoms with E-state index in [0.29, 0.717) is 22.6 Å². The van der Waals surface area contributed by atoms with Crippen molar-refractivity contribution >= 4 is 52.2 Å². The van der Waals surface area contributed by atoms with Crippen molar-refractivity contribution in [2.24, 2.45) is 10.2 Å². The zero-order valence-electron chi connectivity index (χ0n) is 20.0. The van der Waals surface area contributed by atoms with E-state index in [9.17, 15) is 18.8 Å². The Morgan fingerprint density at radius 3 is 2.11 bits per heavy atom. The van der Waals surface area contributed by atoms with Gasteiger partial charge in [-0.25, -0.2) is 9.29 Å². The molecule has 1 heterocycles. The highest BCUT2D eigenvalue weighted by Gasteiger charge is 2.40. The molecule has 7 nitrogen and oxygen atoms in total. The molecule has 4 aromatic carbocycles. The average Bonchev–Trinajstić information content (AvgIpc) is 3.22. The van der Waals surface area contributed by atoms with E-state index in [4.69, 9.17) is 0 Å². The van der Waals surface area contributed by atoms with Crippen molar-refractivity contribution in [1.82, 2.24) is 0 Å². The third-order valence-corrected chi connectivity index (χ3v) is 6.94. The van der Waals surface area contributed by atoms with Crippen LogP contribution in [-0.2, 0) is 9.59 Å². The number of imide groups is 1. The Morgan fingerprint density at radius 1 is 0.816 bits per heavy atom. The minimum atomic E-state index is -0.556. The van der Waals surface area contributed by atoms with Crippen LogP contribution in [0.5, 0.6) is 0 Å². The summed E-state index contributed by atoms with van der Waals surface area (Å²) in [5.41, 5.74) is 2.72. The Kier molecular flexibility index (Phi) is 7.37. The van der Waals surface area contributed by atoms with Gasteiger partial charge in [0.15, 0.2) is 0 Å². The first-order chi connectivity index (χ1) is 18.5. The second-order valence-corrected chi connectivity index (χ2v) is 9.69. The molecular weight excluding hydrogens is 503 g/mol. The van der Waals surface area contributed by atoms with E-state index in [2.05, 4.69) is 15.5 Å². The molecule has 1 N–H and O–H groups in total. The van der Waals surface area contributed by atoms with Crippen molar-refractivity contribution in [2.45, 2.75) is 16.6 Å². The maximum atomic E-state index is 13.1. The van der Waals surface area contributed by atoms with Gasteiger partial charge in [0.05, 0.1) is 22.3 Å². The van der Waals surface area contributed by atoms with Crippen LogP contribution in [0.1, 0.15) is 16.8 Å². The molecule has 0 spiro atoms. The number of anilines is 2. The third kappa shape index (κ3) is 5.84. The highest BCUT2D eigenvalue weighted by Crippen LogP contribution is 2.35. The highest BCUT2D eigenvalue weighted by atomic mass is 32.2. The van der Waals surface area contributed by atoms with Gasteiger partial charge in [-0.2, -0.15) is 10.2 Å². The van der Waals surface area contributed by atoms with Gasteiger partial charge in [0.25, 0.3) is 5.91 Å². The third-order valence-electron chi connectivity index (χ3n) is 5.75. The molecule has 0 radical (unpaired) electrons. The zero-order chi connectivity index (χ0) is 26.5. The molecule has 0 aliphatic carbocycles. The molecule has 1 unspecified atom stereocenters. The smallest absolute Gasteiger partial charge is 0.255 e. The second kappa shape index (κ2) is 11.2. The summed E-state index contributed by atoms with van der Waals surface area (Å²) in [7, 11) is 0. The number of amides is 3. The normalized spacial score (nSPS) is 15.3. The monoisotopic (exact) mass is 524 g/mol. The summed E-state index contributed by atoms with van der Waals surface area (Å²) in [6.07, 6.45) is 0.0853. The van der Waals surface area contributed by atoms with Gasteiger partial charge in [0.2, 0.25) is 11.8 Å². The van der Waals surface area contributed by atoms with Crippen LogP contribution in [0.2, 0.25) is 0 Å². The molecule has 4 aromatic rings. The van der Waals surface area contributed by atoms with Gasteiger partial charge in [-0.05, 0) is 84.9 Å². The van der Waals surface area contributed by atoms with Gasteiger partial charge in [0.1, 0.15) is 5.82 Å². The number of hydrogen-bond acceptors (Lipinski definition) is 6. The van der Waals surface area contributed by atoms with Crippen LogP contribution < -0.4 is 10.2 Å². The maximum Gasteiger partial charge on any atom is 0.255 e. The number of thioether (sulfide) groups is 1. The SMILES string of the molecule is O=C(Nc1ccc(SC2CC(=O)N(c3ccc(N=Nc4ccccc4)cc3)C2=O)cc1)c1ccc(F)cc1. The fourth-order valence-corrected chi connectivity index (χ4v) is 4.89. The first kappa shape index (κ1) is 25.0. The van der Waals surface area contributed by atoms with Crippen LogP contribution in [0, 0.1) is 5.82 Å². The maximum absolute atomic E-state index is 13.1. The van der Waals surface area contributed by atoms with Gasteiger partial charge < -0.3 is 5.32 Å².